The van der Waals surface area contributed by atoms with Crippen molar-refractivity contribution in [2.24, 2.45) is 0 Å². The van der Waals surface area contributed by atoms with Crippen LogP contribution in [0.15, 0.2) is 59.5 Å². The first-order valence-corrected chi connectivity index (χ1v) is 11.7. The lowest BCUT2D eigenvalue weighted by atomic mass is 9.98. The zero-order valence-electron chi connectivity index (χ0n) is 19.7. The highest BCUT2D eigenvalue weighted by Gasteiger charge is 2.20. The van der Waals surface area contributed by atoms with E-state index in [4.69, 9.17) is 5.73 Å². The second-order valence-corrected chi connectivity index (χ2v) is 9.15. The number of pyridine rings is 2. The molecule has 3 N–H and O–H groups in total. The molecule has 0 saturated carbocycles. The van der Waals surface area contributed by atoms with Crippen molar-refractivity contribution in [3.05, 3.63) is 76.8 Å². The number of nitrogen functional groups attached to an aromatic ring is 1. The second-order valence-electron chi connectivity index (χ2n) is 9.15. The van der Waals surface area contributed by atoms with Crippen molar-refractivity contribution in [2.75, 3.05) is 36.8 Å². The number of piperazine rings is 1. The minimum Gasteiger partial charge on any atom is -0.383 e. The SMILES string of the molecule is CC(C)N1CCN(c2ccc(-c3cc(-c4cc5cc[nH]c(=O)c5cc4F)c(N)nc3F)cc2)CC1. The molecular formula is C27H27F2N5O. The molecule has 2 aromatic heterocycles. The van der Waals surface area contributed by atoms with Gasteiger partial charge in [-0.15, -0.1) is 0 Å². The Morgan fingerprint density at radius 2 is 1.66 bits per heavy atom. The predicted molar refractivity (Wildman–Crippen MR) is 136 cm³/mol. The second kappa shape index (κ2) is 9.11. The summed E-state index contributed by atoms with van der Waals surface area (Å²) >= 11 is 0. The van der Waals surface area contributed by atoms with Gasteiger partial charge in [0.15, 0.2) is 0 Å². The molecule has 2 aromatic carbocycles. The molecular weight excluding hydrogens is 448 g/mol. The normalized spacial score (nSPS) is 14.7. The number of fused-ring (bicyclic) bond motifs is 1. The summed E-state index contributed by atoms with van der Waals surface area (Å²) in [4.78, 5) is 23.2. The van der Waals surface area contributed by atoms with Crippen LogP contribution in [0.4, 0.5) is 20.3 Å². The molecule has 1 aliphatic heterocycles. The van der Waals surface area contributed by atoms with Gasteiger partial charge in [0, 0.05) is 66.2 Å². The minimum absolute atomic E-state index is 0.117. The Morgan fingerprint density at radius 3 is 2.34 bits per heavy atom. The molecule has 1 fully saturated rings. The number of nitrogens with zero attached hydrogens (tertiary/aromatic N) is 3. The van der Waals surface area contributed by atoms with Crippen molar-refractivity contribution < 1.29 is 8.78 Å². The zero-order chi connectivity index (χ0) is 24.7. The van der Waals surface area contributed by atoms with Gasteiger partial charge in [0.05, 0.1) is 0 Å². The molecule has 4 aromatic rings. The van der Waals surface area contributed by atoms with Gasteiger partial charge < -0.3 is 15.6 Å². The Kier molecular flexibility index (Phi) is 5.98. The molecule has 0 amide bonds. The molecule has 1 aliphatic rings. The number of hydrogen-bond donors (Lipinski definition) is 2. The van der Waals surface area contributed by atoms with Crippen LogP contribution in [-0.2, 0) is 0 Å². The van der Waals surface area contributed by atoms with E-state index >= 15 is 0 Å². The predicted octanol–water partition coefficient (Wildman–Crippen LogP) is 4.65. The van der Waals surface area contributed by atoms with E-state index in [9.17, 15) is 13.6 Å². The van der Waals surface area contributed by atoms with Crippen molar-refractivity contribution in [3.63, 3.8) is 0 Å². The molecule has 0 aliphatic carbocycles. The maximum Gasteiger partial charge on any atom is 0.255 e. The Bertz CT molecular complexity index is 1440. The number of anilines is 2. The number of hydrogen-bond acceptors (Lipinski definition) is 5. The fraction of sp³-hybridized carbons (Fsp3) is 0.259. The van der Waals surface area contributed by atoms with Crippen molar-refractivity contribution in [2.45, 2.75) is 19.9 Å². The number of aromatic nitrogens is 2. The molecule has 0 unspecified atom stereocenters. The van der Waals surface area contributed by atoms with Crippen LogP contribution in [0.3, 0.4) is 0 Å². The van der Waals surface area contributed by atoms with Gasteiger partial charge in [0.2, 0.25) is 5.95 Å². The van der Waals surface area contributed by atoms with E-state index in [1.165, 1.54) is 24.4 Å². The van der Waals surface area contributed by atoms with Crippen LogP contribution in [0.25, 0.3) is 33.0 Å². The van der Waals surface area contributed by atoms with Crippen molar-refractivity contribution in [1.82, 2.24) is 14.9 Å². The molecule has 6 nitrogen and oxygen atoms in total. The minimum atomic E-state index is -0.720. The van der Waals surface area contributed by atoms with Gasteiger partial charge in [-0.3, -0.25) is 9.69 Å². The standard InChI is InChI=1S/C27H27F2N5O/c1-16(2)33-9-11-34(12-10-33)19-5-3-17(4-6-19)20-14-23(26(30)32-25(20)29)22-13-18-7-8-31-27(35)21(18)15-24(22)28/h3-8,13-16H,9-12H2,1-2H3,(H2,30,32)(H,31,35). The van der Waals surface area contributed by atoms with Gasteiger partial charge in [-0.1, -0.05) is 12.1 Å². The number of H-pyrrole nitrogens is 1. The average Bonchev–Trinajstić information content (AvgIpc) is 2.85. The monoisotopic (exact) mass is 475 g/mol. The first kappa shape index (κ1) is 23.0. The van der Waals surface area contributed by atoms with Crippen LogP contribution < -0.4 is 16.2 Å². The topological polar surface area (TPSA) is 78.2 Å². The summed E-state index contributed by atoms with van der Waals surface area (Å²) in [5, 5.41) is 0.782. The summed E-state index contributed by atoms with van der Waals surface area (Å²) in [5.41, 5.74) is 7.98. The maximum absolute atomic E-state index is 15.0. The summed E-state index contributed by atoms with van der Waals surface area (Å²) in [6.45, 7) is 8.28. The third kappa shape index (κ3) is 4.37. The van der Waals surface area contributed by atoms with Crippen molar-refractivity contribution in [1.29, 1.82) is 0 Å². The first-order valence-electron chi connectivity index (χ1n) is 11.7. The Balaban J connectivity index is 1.48. The molecule has 1 saturated heterocycles. The largest absolute Gasteiger partial charge is 0.383 e. The molecule has 3 heterocycles. The van der Waals surface area contributed by atoms with E-state index in [-0.39, 0.29) is 33.5 Å². The van der Waals surface area contributed by atoms with Crippen LogP contribution in [0, 0.1) is 11.8 Å². The summed E-state index contributed by atoms with van der Waals surface area (Å²) in [5.74, 6) is -1.47. The van der Waals surface area contributed by atoms with Crippen molar-refractivity contribution >= 4 is 22.3 Å². The lowest BCUT2D eigenvalue weighted by molar-refractivity contribution is 0.209. The van der Waals surface area contributed by atoms with Crippen LogP contribution in [0.5, 0.6) is 0 Å². The van der Waals surface area contributed by atoms with E-state index in [2.05, 4.69) is 33.6 Å². The zero-order valence-corrected chi connectivity index (χ0v) is 19.7. The lowest BCUT2D eigenvalue weighted by Gasteiger charge is -2.38. The van der Waals surface area contributed by atoms with Gasteiger partial charge >= 0.3 is 0 Å². The number of rotatable bonds is 4. The molecule has 35 heavy (non-hydrogen) atoms. The summed E-state index contributed by atoms with van der Waals surface area (Å²) in [7, 11) is 0. The van der Waals surface area contributed by atoms with Crippen LogP contribution in [0.1, 0.15) is 13.8 Å². The fourth-order valence-corrected chi connectivity index (χ4v) is 4.69. The van der Waals surface area contributed by atoms with E-state index in [1.807, 2.05) is 24.3 Å². The van der Waals surface area contributed by atoms with Gasteiger partial charge in [-0.25, -0.2) is 9.37 Å². The Hall–Kier alpha value is -3.78. The third-order valence-corrected chi connectivity index (χ3v) is 6.74. The van der Waals surface area contributed by atoms with Gasteiger partial charge in [0.25, 0.3) is 5.56 Å². The molecule has 180 valence electrons. The van der Waals surface area contributed by atoms with E-state index in [0.717, 1.165) is 31.9 Å². The molecule has 0 spiro atoms. The van der Waals surface area contributed by atoms with E-state index in [0.29, 0.717) is 17.0 Å². The number of nitrogens with two attached hydrogens (primary N) is 1. The van der Waals surface area contributed by atoms with Crippen LogP contribution in [-0.4, -0.2) is 47.1 Å². The molecule has 5 rings (SSSR count). The molecule has 0 radical (unpaired) electrons. The quantitative estimate of drug-likeness (QED) is 0.420. The Morgan fingerprint density at radius 1 is 0.943 bits per heavy atom. The number of benzene rings is 2. The number of nitrogens with one attached hydrogen (secondary N) is 1. The van der Waals surface area contributed by atoms with Gasteiger partial charge in [-0.2, -0.15) is 4.39 Å². The summed E-state index contributed by atoms with van der Waals surface area (Å²) in [6.07, 6.45) is 1.49. The number of halogens is 2. The van der Waals surface area contributed by atoms with Crippen LogP contribution >= 0.6 is 0 Å². The Labute approximate surface area is 202 Å². The highest BCUT2D eigenvalue weighted by molar-refractivity contribution is 5.89. The smallest absolute Gasteiger partial charge is 0.255 e. The van der Waals surface area contributed by atoms with E-state index in [1.54, 1.807) is 6.07 Å². The molecule has 0 atom stereocenters. The highest BCUT2D eigenvalue weighted by Crippen LogP contribution is 2.35. The number of aromatic amines is 1. The summed E-state index contributed by atoms with van der Waals surface area (Å²) in [6, 6.07) is 14.1. The van der Waals surface area contributed by atoms with Crippen molar-refractivity contribution in [3.8, 4) is 22.3 Å². The lowest BCUT2D eigenvalue weighted by Crippen LogP contribution is -2.48. The van der Waals surface area contributed by atoms with Crippen LogP contribution in [0.2, 0.25) is 0 Å². The first-order chi connectivity index (χ1) is 16.8. The summed E-state index contributed by atoms with van der Waals surface area (Å²) < 4.78 is 29.9. The maximum atomic E-state index is 15.0. The van der Waals surface area contributed by atoms with Gasteiger partial charge in [-0.05, 0) is 61.2 Å². The average molecular weight is 476 g/mol. The third-order valence-electron chi connectivity index (χ3n) is 6.74. The highest BCUT2D eigenvalue weighted by atomic mass is 19.1. The van der Waals surface area contributed by atoms with E-state index < -0.39 is 11.8 Å². The van der Waals surface area contributed by atoms with Gasteiger partial charge in [0.1, 0.15) is 11.6 Å². The fourth-order valence-electron chi connectivity index (χ4n) is 4.69. The molecule has 8 heteroatoms. The molecule has 0 bridgehead atoms.